The average Bonchev–Trinajstić information content (AvgIpc) is 3.41. The van der Waals surface area contributed by atoms with E-state index in [4.69, 9.17) is 34.0 Å². The summed E-state index contributed by atoms with van der Waals surface area (Å²) in [6.45, 7) is 6.93. The van der Waals surface area contributed by atoms with Crippen molar-refractivity contribution in [2.75, 3.05) is 39.7 Å². The van der Waals surface area contributed by atoms with Crippen LogP contribution in [0.4, 0.5) is 15.1 Å². The van der Waals surface area contributed by atoms with Crippen molar-refractivity contribution in [2.45, 2.75) is 51.7 Å². The van der Waals surface area contributed by atoms with Gasteiger partial charge in [-0.15, -0.1) is 5.10 Å². The maximum absolute atomic E-state index is 14.8. The van der Waals surface area contributed by atoms with Crippen molar-refractivity contribution in [1.82, 2.24) is 24.5 Å². The summed E-state index contributed by atoms with van der Waals surface area (Å²) in [4.78, 5) is 24.1. The third-order valence-electron chi connectivity index (χ3n) is 6.93. The Hall–Kier alpha value is -4.35. The summed E-state index contributed by atoms with van der Waals surface area (Å²) in [6, 6.07) is 8.47. The van der Waals surface area contributed by atoms with Crippen LogP contribution in [0.1, 0.15) is 50.9 Å². The predicted octanol–water partition coefficient (Wildman–Crippen LogP) is 5.17. The molecule has 5 rings (SSSR count). The summed E-state index contributed by atoms with van der Waals surface area (Å²) in [7, 11) is 4.60. The highest BCUT2D eigenvalue weighted by Crippen LogP contribution is 2.32. The number of piperidine rings is 1. The second kappa shape index (κ2) is 11.3. The average molecular weight is 567 g/mol. The molecule has 41 heavy (non-hydrogen) atoms. The molecule has 0 aliphatic carbocycles. The van der Waals surface area contributed by atoms with E-state index in [-0.39, 0.29) is 17.8 Å². The number of halogens is 1. The van der Waals surface area contributed by atoms with Crippen LogP contribution in [0.5, 0.6) is 17.2 Å². The van der Waals surface area contributed by atoms with Crippen LogP contribution in [0.3, 0.4) is 0 Å². The van der Waals surface area contributed by atoms with E-state index in [2.05, 4.69) is 5.32 Å². The summed E-state index contributed by atoms with van der Waals surface area (Å²) in [6.07, 6.45) is 1.23. The number of aromatic nitrogens is 4. The highest BCUT2D eigenvalue weighted by molar-refractivity contribution is 5.93. The van der Waals surface area contributed by atoms with Crippen LogP contribution in [-0.2, 0) is 11.3 Å². The third-order valence-corrected chi connectivity index (χ3v) is 6.93. The van der Waals surface area contributed by atoms with E-state index in [1.165, 1.54) is 13.2 Å². The molecule has 1 saturated heterocycles. The van der Waals surface area contributed by atoms with Gasteiger partial charge < -0.3 is 29.2 Å². The number of nitrogens with one attached hydrogen (secondary N) is 1. The summed E-state index contributed by atoms with van der Waals surface area (Å²) in [5.74, 6) is 1.74. The molecule has 2 aromatic heterocycles. The largest absolute Gasteiger partial charge is 0.497 e. The molecule has 2 aromatic carbocycles. The van der Waals surface area contributed by atoms with Gasteiger partial charge in [0.2, 0.25) is 5.95 Å². The van der Waals surface area contributed by atoms with Crippen molar-refractivity contribution in [2.24, 2.45) is 0 Å². The van der Waals surface area contributed by atoms with Crippen LogP contribution in [0.15, 0.2) is 30.3 Å². The molecule has 12 heteroatoms. The van der Waals surface area contributed by atoms with Gasteiger partial charge in [0, 0.05) is 48.6 Å². The molecule has 1 aliphatic rings. The lowest BCUT2D eigenvalue weighted by Crippen LogP contribution is -2.42. The summed E-state index contributed by atoms with van der Waals surface area (Å²) < 4.78 is 38.0. The molecule has 1 atom stereocenters. The smallest absolute Gasteiger partial charge is 0.410 e. The van der Waals surface area contributed by atoms with Crippen LogP contribution in [-0.4, -0.2) is 70.6 Å². The standard InChI is InChI=1S/C29H35FN6O5/c1-29(2,3)41-28(37)35-11-7-8-18(16-35)25-33-26-20-13-21(30)24(40-6)14-22(20)32-27(36(26)34-25)31-15-17-9-10-19(38-4)12-23(17)39-5/h9-10,12-14,18H,7-8,11,15-16H2,1-6H3,(H,31,32)/t18-/m1/s1. The van der Waals surface area contributed by atoms with Gasteiger partial charge in [-0.05, 0) is 51.8 Å². The first kappa shape index (κ1) is 28.2. The van der Waals surface area contributed by atoms with Crippen LogP contribution in [0, 0.1) is 5.82 Å². The van der Waals surface area contributed by atoms with Crippen LogP contribution >= 0.6 is 0 Å². The molecule has 0 saturated carbocycles. The molecule has 0 unspecified atom stereocenters. The second-order valence-corrected chi connectivity index (χ2v) is 10.9. The minimum Gasteiger partial charge on any atom is -0.497 e. The molecular weight excluding hydrogens is 531 g/mol. The second-order valence-electron chi connectivity index (χ2n) is 10.9. The van der Waals surface area contributed by atoms with Gasteiger partial charge in [-0.25, -0.2) is 19.2 Å². The maximum atomic E-state index is 14.8. The van der Waals surface area contributed by atoms with E-state index in [1.54, 1.807) is 35.8 Å². The Kier molecular flexibility index (Phi) is 7.74. The van der Waals surface area contributed by atoms with Gasteiger partial charge in [-0.1, -0.05) is 0 Å². The fraction of sp³-hybridized carbons (Fsp3) is 0.448. The molecule has 1 N–H and O–H groups in total. The number of ether oxygens (including phenoxy) is 4. The number of carbonyl (C=O) groups excluding carboxylic acids is 1. The first-order chi connectivity index (χ1) is 19.6. The van der Waals surface area contributed by atoms with Crippen molar-refractivity contribution in [3.8, 4) is 17.2 Å². The van der Waals surface area contributed by atoms with E-state index in [0.717, 1.165) is 18.4 Å². The Morgan fingerprint density at radius 1 is 1.07 bits per heavy atom. The van der Waals surface area contributed by atoms with E-state index in [9.17, 15) is 9.18 Å². The van der Waals surface area contributed by atoms with Crippen LogP contribution in [0.2, 0.25) is 0 Å². The Bertz CT molecular complexity index is 1580. The molecule has 1 amide bonds. The first-order valence-electron chi connectivity index (χ1n) is 13.5. The molecule has 1 aliphatic heterocycles. The lowest BCUT2D eigenvalue weighted by molar-refractivity contribution is 0.0196. The van der Waals surface area contributed by atoms with E-state index in [0.29, 0.717) is 59.5 Å². The Morgan fingerprint density at radius 2 is 1.85 bits per heavy atom. The Balaban J connectivity index is 1.53. The minimum atomic E-state index is -0.589. The molecule has 0 spiro atoms. The molecular formula is C29H35FN6O5. The monoisotopic (exact) mass is 566 g/mol. The zero-order valence-electron chi connectivity index (χ0n) is 24.2. The number of rotatable bonds is 7. The van der Waals surface area contributed by atoms with Gasteiger partial charge >= 0.3 is 6.09 Å². The molecule has 1 fully saturated rings. The van der Waals surface area contributed by atoms with Gasteiger partial charge in [0.1, 0.15) is 17.1 Å². The van der Waals surface area contributed by atoms with Crippen molar-refractivity contribution < 1.29 is 28.1 Å². The number of carbonyl (C=O) groups is 1. The number of anilines is 1. The van der Waals surface area contributed by atoms with Crippen LogP contribution < -0.4 is 19.5 Å². The Labute approximate surface area is 237 Å². The zero-order valence-corrected chi connectivity index (χ0v) is 24.2. The predicted molar refractivity (Wildman–Crippen MR) is 151 cm³/mol. The topological polar surface area (TPSA) is 112 Å². The van der Waals surface area contributed by atoms with Crippen molar-refractivity contribution in [1.29, 1.82) is 0 Å². The minimum absolute atomic E-state index is 0.0807. The molecule has 11 nitrogen and oxygen atoms in total. The molecule has 3 heterocycles. The Morgan fingerprint density at radius 3 is 2.56 bits per heavy atom. The SMILES string of the molecule is COc1ccc(CNc2nc3cc(OC)c(F)cc3c3nc([C@@H]4CCCN(C(=O)OC(C)(C)C)C4)nn23)c(OC)c1. The summed E-state index contributed by atoms with van der Waals surface area (Å²) in [5.41, 5.74) is 1.23. The number of amides is 1. The number of nitrogens with zero attached hydrogens (tertiary/aromatic N) is 5. The molecule has 0 radical (unpaired) electrons. The maximum Gasteiger partial charge on any atom is 0.410 e. The molecule has 218 valence electrons. The molecule has 4 aromatic rings. The van der Waals surface area contributed by atoms with Crippen molar-refractivity contribution in [3.63, 3.8) is 0 Å². The normalized spacial score (nSPS) is 15.7. The van der Waals surface area contributed by atoms with Gasteiger partial charge in [0.05, 0.1) is 26.8 Å². The number of benzene rings is 2. The number of hydrogen-bond donors (Lipinski definition) is 1. The van der Waals surface area contributed by atoms with Gasteiger partial charge in [0.25, 0.3) is 0 Å². The summed E-state index contributed by atoms with van der Waals surface area (Å²) >= 11 is 0. The van der Waals surface area contributed by atoms with E-state index >= 15 is 0 Å². The number of fused-ring (bicyclic) bond motifs is 3. The number of likely N-dealkylation sites (tertiary alicyclic amines) is 1. The van der Waals surface area contributed by atoms with Crippen LogP contribution in [0.25, 0.3) is 16.6 Å². The highest BCUT2D eigenvalue weighted by atomic mass is 19.1. The third kappa shape index (κ3) is 5.91. The van der Waals surface area contributed by atoms with Gasteiger partial charge in [0.15, 0.2) is 23.0 Å². The first-order valence-corrected chi connectivity index (χ1v) is 13.5. The van der Waals surface area contributed by atoms with E-state index in [1.807, 2.05) is 32.9 Å². The fourth-order valence-electron chi connectivity index (χ4n) is 4.92. The zero-order chi connectivity index (χ0) is 29.3. The quantitative estimate of drug-likeness (QED) is 0.324. The van der Waals surface area contributed by atoms with Gasteiger partial charge in [-0.2, -0.15) is 4.52 Å². The summed E-state index contributed by atoms with van der Waals surface area (Å²) in [5, 5.41) is 8.64. The highest BCUT2D eigenvalue weighted by Gasteiger charge is 2.31. The van der Waals surface area contributed by atoms with Crippen molar-refractivity contribution >= 4 is 28.6 Å². The lowest BCUT2D eigenvalue weighted by atomic mass is 9.98. The van der Waals surface area contributed by atoms with Crippen molar-refractivity contribution in [3.05, 3.63) is 47.5 Å². The van der Waals surface area contributed by atoms with Gasteiger partial charge in [-0.3, -0.25) is 0 Å². The molecule has 0 bridgehead atoms. The van der Waals surface area contributed by atoms with E-state index < -0.39 is 11.4 Å². The number of hydrogen-bond acceptors (Lipinski definition) is 9. The fourth-order valence-corrected chi connectivity index (χ4v) is 4.92. The number of methoxy groups -OCH3 is 3. The lowest BCUT2D eigenvalue weighted by Gasteiger charge is -2.33.